The molecular weight excluding hydrogens is 364 g/mol. The van der Waals surface area contributed by atoms with Crippen molar-refractivity contribution in [1.82, 2.24) is 9.97 Å². The summed E-state index contributed by atoms with van der Waals surface area (Å²) in [6, 6.07) is 2.86. The Morgan fingerprint density at radius 2 is 1.70 bits per heavy atom. The van der Waals surface area contributed by atoms with Crippen molar-refractivity contribution in [3.63, 3.8) is 0 Å². The molecule has 0 spiro atoms. The fourth-order valence-corrected chi connectivity index (χ4v) is 3.01. The number of carbonyl (C=O) groups is 2. The number of pyridine rings is 2. The van der Waals surface area contributed by atoms with E-state index in [1.165, 1.54) is 12.1 Å². The van der Waals surface area contributed by atoms with Gasteiger partial charge in [0.25, 0.3) is 0 Å². The number of aryl methyl sites for hydroxylation is 1. The van der Waals surface area contributed by atoms with Gasteiger partial charge in [0, 0.05) is 11.0 Å². The Bertz CT molecular complexity index is 818. The van der Waals surface area contributed by atoms with Crippen LogP contribution < -0.4 is 0 Å². The van der Waals surface area contributed by atoms with Gasteiger partial charge < -0.3 is 10.2 Å². The molecular formula is C16H15BrN2O4. The maximum Gasteiger partial charge on any atom is 0.336 e. The molecule has 2 aromatic rings. The van der Waals surface area contributed by atoms with Crippen LogP contribution in [0, 0.1) is 20.8 Å². The van der Waals surface area contributed by atoms with Gasteiger partial charge in [0.05, 0.1) is 28.2 Å². The maximum atomic E-state index is 11.6. The quantitative estimate of drug-likeness (QED) is 0.791. The molecule has 0 aliphatic carbocycles. The molecule has 2 rings (SSSR count). The second-order valence-electron chi connectivity index (χ2n) is 5.16. The van der Waals surface area contributed by atoms with E-state index in [4.69, 9.17) is 0 Å². The molecule has 2 N–H and O–H groups in total. The maximum absolute atomic E-state index is 11.6. The van der Waals surface area contributed by atoms with Gasteiger partial charge in [-0.25, -0.2) is 14.6 Å². The van der Waals surface area contributed by atoms with Gasteiger partial charge in [-0.2, -0.15) is 0 Å². The number of aromatic nitrogens is 2. The van der Waals surface area contributed by atoms with E-state index in [0.717, 1.165) is 0 Å². The Labute approximate surface area is 141 Å². The van der Waals surface area contributed by atoms with E-state index in [0.29, 0.717) is 39.2 Å². The molecule has 0 bridgehead atoms. The molecule has 7 heteroatoms. The van der Waals surface area contributed by atoms with Crippen LogP contribution in [0.1, 0.15) is 43.2 Å². The number of hydrogen-bond donors (Lipinski definition) is 2. The summed E-state index contributed by atoms with van der Waals surface area (Å²) < 4.78 is 0. The van der Waals surface area contributed by atoms with Crippen LogP contribution in [-0.4, -0.2) is 32.1 Å². The van der Waals surface area contributed by atoms with E-state index >= 15 is 0 Å². The van der Waals surface area contributed by atoms with E-state index in [1.54, 1.807) is 20.8 Å². The van der Waals surface area contributed by atoms with Gasteiger partial charge in [0.15, 0.2) is 0 Å². The third kappa shape index (κ3) is 3.24. The Hall–Kier alpha value is -2.28. The highest BCUT2D eigenvalue weighted by molar-refractivity contribution is 9.08. The highest BCUT2D eigenvalue weighted by atomic mass is 79.9. The van der Waals surface area contributed by atoms with Crippen LogP contribution in [0.25, 0.3) is 11.4 Å². The summed E-state index contributed by atoms with van der Waals surface area (Å²) in [5.41, 5.74) is 3.16. The minimum absolute atomic E-state index is 0.0894. The van der Waals surface area contributed by atoms with Crippen molar-refractivity contribution in [3.05, 3.63) is 45.8 Å². The molecule has 0 aliphatic heterocycles. The number of carboxylic acid groups (broad SMARTS) is 2. The summed E-state index contributed by atoms with van der Waals surface area (Å²) in [6.45, 7) is 5.04. The summed E-state index contributed by atoms with van der Waals surface area (Å²) in [5, 5.41) is 19.1. The van der Waals surface area contributed by atoms with Gasteiger partial charge in [0.2, 0.25) is 0 Å². The Morgan fingerprint density at radius 3 is 2.22 bits per heavy atom. The molecule has 2 heterocycles. The molecule has 0 fully saturated rings. The van der Waals surface area contributed by atoms with Crippen molar-refractivity contribution in [2.45, 2.75) is 26.1 Å². The van der Waals surface area contributed by atoms with E-state index < -0.39 is 11.9 Å². The first-order chi connectivity index (χ1) is 10.8. The van der Waals surface area contributed by atoms with Crippen molar-refractivity contribution in [3.8, 4) is 11.4 Å². The predicted molar refractivity (Wildman–Crippen MR) is 88.2 cm³/mol. The molecule has 6 nitrogen and oxygen atoms in total. The molecule has 0 amide bonds. The summed E-state index contributed by atoms with van der Waals surface area (Å²) in [7, 11) is 0. The summed E-state index contributed by atoms with van der Waals surface area (Å²) in [4.78, 5) is 31.6. The second kappa shape index (κ2) is 6.45. The molecule has 23 heavy (non-hydrogen) atoms. The first-order valence-corrected chi connectivity index (χ1v) is 7.90. The van der Waals surface area contributed by atoms with Gasteiger partial charge in [-0.3, -0.25) is 4.98 Å². The van der Waals surface area contributed by atoms with Crippen LogP contribution in [0.5, 0.6) is 0 Å². The molecule has 0 aliphatic rings. The molecule has 0 atom stereocenters. The molecule has 0 aromatic carbocycles. The highest BCUT2D eigenvalue weighted by Crippen LogP contribution is 2.28. The zero-order valence-electron chi connectivity index (χ0n) is 12.8. The van der Waals surface area contributed by atoms with Crippen LogP contribution in [0.4, 0.5) is 0 Å². The van der Waals surface area contributed by atoms with Crippen LogP contribution >= 0.6 is 15.9 Å². The number of aromatic carboxylic acids is 2. The monoisotopic (exact) mass is 378 g/mol. The lowest BCUT2D eigenvalue weighted by Crippen LogP contribution is -2.10. The van der Waals surface area contributed by atoms with E-state index in [2.05, 4.69) is 25.9 Å². The van der Waals surface area contributed by atoms with Crippen molar-refractivity contribution in [2.24, 2.45) is 0 Å². The van der Waals surface area contributed by atoms with Crippen LogP contribution in [0.15, 0.2) is 12.1 Å². The smallest absolute Gasteiger partial charge is 0.336 e. The topological polar surface area (TPSA) is 100 Å². The minimum Gasteiger partial charge on any atom is -0.478 e. The molecule has 0 saturated heterocycles. The normalized spacial score (nSPS) is 10.6. The summed E-state index contributed by atoms with van der Waals surface area (Å²) >= 11 is 3.31. The lowest BCUT2D eigenvalue weighted by atomic mass is 9.98. The largest absolute Gasteiger partial charge is 0.478 e. The van der Waals surface area contributed by atoms with E-state index in [9.17, 15) is 19.8 Å². The van der Waals surface area contributed by atoms with Gasteiger partial charge in [-0.15, -0.1) is 0 Å². The van der Waals surface area contributed by atoms with Crippen molar-refractivity contribution in [1.29, 1.82) is 0 Å². The molecule has 0 unspecified atom stereocenters. The van der Waals surface area contributed by atoms with E-state index in [-0.39, 0.29) is 11.1 Å². The third-order valence-electron chi connectivity index (χ3n) is 3.57. The Kier molecular flexibility index (Phi) is 4.79. The lowest BCUT2D eigenvalue weighted by Gasteiger charge is -2.14. The van der Waals surface area contributed by atoms with Gasteiger partial charge in [-0.1, -0.05) is 15.9 Å². The zero-order chi connectivity index (χ0) is 17.3. The minimum atomic E-state index is -1.07. The van der Waals surface area contributed by atoms with Crippen molar-refractivity contribution in [2.75, 3.05) is 0 Å². The Balaban J connectivity index is 2.81. The fourth-order valence-electron chi connectivity index (χ4n) is 2.46. The number of nitrogens with zero attached hydrogens (tertiary/aromatic N) is 2. The van der Waals surface area contributed by atoms with Gasteiger partial charge >= 0.3 is 11.9 Å². The molecule has 0 saturated carbocycles. The molecule has 120 valence electrons. The number of hydrogen-bond acceptors (Lipinski definition) is 4. The van der Waals surface area contributed by atoms with E-state index in [1.807, 2.05) is 0 Å². The third-order valence-corrected chi connectivity index (χ3v) is 4.10. The van der Waals surface area contributed by atoms with Gasteiger partial charge in [-0.05, 0) is 44.0 Å². The summed E-state index contributed by atoms with van der Waals surface area (Å²) in [6.07, 6.45) is 0. The lowest BCUT2D eigenvalue weighted by molar-refractivity contribution is 0.0684. The first-order valence-electron chi connectivity index (χ1n) is 6.78. The number of alkyl halides is 1. The predicted octanol–water partition coefficient (Wildman–Crippen LogP) is 3.36. The number of rotatable bonds is 4. The fraction of sp³-hybridized carbons (Fsp3) is 0.250. The summed E-state index contributed by atoms with van der Waals surface area (Å²) in [5.74, 6) is -2.11. The first kappa shape index (κ1) is 17.1. The van der Waals surface area contributed by atoms with Crippen molar-refractivity contribution < 1.29 is 19.8 Å². The average molecular weight is 379 g/mol. The number of halogens is 1. The van der Waals surface area contributed by atoms with Crippen LogP contribution in [0.3, 0.4) is 0 Å². The second-order valence-corrected chi connectivity index (χ2v) is 5.72. The Morgan fingerprint density at radius 1 is 1.04 bits per heavy atom. The highest BCUT2D eigenvalue weighted by Gasteiger charge is 2.21. The standard InChI is InChI=1S/C16H15BrN2O4/c1-7-4-10(15(20)21)5-11(18-7)14-9(3)13(16(22)23)8(2)12(6-17)19-14/h4-5H,6H2,1-3H3,(H,20,21)(H,22,23). The SMILES string of the molecule is Cc1cc(C(=O)O)cc(-c2nc(CBr)c(C)c(C(=O)O)c2C)n1. The average Bonchev–Trinajstić information content (AvgIpc) is 2.46. The number of carboxylic acids is 2. The van der Waals surface area contributed by atoms with Crippen LogP contribution in [0.2, 0.25) is 0 Å². The molecule has 0 radical (unpaired) electrons. The van der Waals surface area contributed by atoms with Crippen molar-refractivity contribution >= 4 is 27.9 Å². The van der Waals surface area contributed by atoms with Crippen LogP contribution in [-0.2, 0) is 5.33 Å². The molecule has 2 aromatic heterocycles. The zero-order valence-corrected chi connectivity index (χ0v) is 14.4. The van der Waals surface area contributed by atoms with Gasteiger partial charge in [0.1, 0.15) is 0 Å².